The van der Waals surface area contributed by atoms with E-state index >= 15 is 0 Å². The van der Waals surface area contributed by atoms with Crippen LogP contribution in [-0.4, -0.2) is 24.6 Å². The van der Waals surface area contributed by atoms with Crippen LogP contribution in [0.4, 0.5) is 0 Å². The van der Waals surface area contributed by atoms with Crippen LogP contribution >= 0.6 is 11.3 Å². The molecule has 5 heteroatoms. The first-order chi connectivity index (χ1) is 7.22. The minimum absolute atomic E-state index is 0.285. The van der Waals surface area contributed by atoms with E-state index in [4.69, 9.17) is 4.74 Å². The molecule has 0 spiro atoms. The van der Waals surface area contributed by atoms with E-state index in [9.17, 15) is 4.79 Å². The standard InChI is InChI=1S/C10H16N2O2S/c1-4-7-9(10(13)14-3)15-8(12-7)6-11-5-2/h11H,4-6H2,1-3H3. The van der Waals surface area contributed by atoms with E-state index in [1.807, 2.05) is 13.8 Å². The highest BCUT2D eigenvalue weighted by Gasteiger charge is 2.16. The van der Waals surface area contributed by atoms with E-state index in [-0.39, 0.29) is 5.97 Å². The lowest BCUT2D eigenvalue weighted by molar-refractivity contribution is 0.0605. The fourth-order valence-corrected chi connectivity index (χ4v) is 2.24. The summed E-state index contributed by atoms with van der Waals surface area (Å²) in [5.41, 5.74) is 0.833. The predicted octanol–water partition coefficient (Wildman–Crippen LogP) is 1.60. The number of carbonyl (C=O) groups is 1. The van der Waals surface area contributed by atoms with Crippen molar-refractivity contribution in [3.8, 4) is 0 Å². The van der Waals surface area contributed by atoms with Gasteiger partial charge in [-0.15, -0.1) is 11.3 Å². The molecule has 0 unspecified atom stereocenters. The van der Waals surface area contributed by atoms with Crippen molar-refractivity contribution in [2.24, 2.45) is 0 Å². The number of nitrogens with one attached hydrogen (secondary N) is 1. The Morgan fingerprint density at radius 1 is 1.53 bits per heavy atom. The van der Waals surface area contributed by atoms with Crippen molar-refractivity contribution < 1.29 is 9.53 Å². The van der Waals surface area contributed by atoms with Gasteiger partial charge < -0.3 is 10.1 Å². The summed E-state index contributed by atoms with van der Waals surface area (Å²) < 4.78 is 4.71. The van der Waals surface area contributed by atoms with Crippen molar-refractivity contribution in [2.45, 2.75) is 26.8 Å². The first-order valence-corrected chi connectivity index (χ1v) is 5.82. The molecule has 15 heavy (non-hydrogen) atoms. The third-order valence-electron chi connectivity index (χ3n) is 1.97. The molecule has 0 aliphatic rings. The van der Waals surface area contributed by atoms with Crippen molar-refractivity contribution in [1.29, 1.82) is 0 Å². The number of rotatable bonds is 5. The average molecular weight is 228 g/mol. The number of esters is 1. The van der Waals surface area contributed by atoms with Crippen LogP contribution in [0, 0.1) is 0 Å². The van der Waals surface area contributed by atoms with Gasteiger partial charge >= 0.3 is 5.97 Å². The van der Waals surface area contributed by atoms with Crippen LogP contribution in [0.15, 0.2) is 0 Å². The average Bonchev–Trinajstić information content (AvgIpc) is 2.68. The lowest BCUT2D eigenvalue weighted by Crippen LogP contribution is -2.11. The van der Waals surface area contributed by atoms with Crippen LogP contribution in [0.25, 0.3) is 0 Å². The fourth-order valence-electron chi connectivity index (χ4n) is 1.20. The quantitative estimate of drug-likeness (QED) is 0.778. The first kappa shape index (κ1) is 12.1. The van der Waals surface area contributed by atoms with Gasteiger partial charge in [-0.05, 0) is 13.0 Å². The molecule has 1 rings (SSSR count). The van der Waals surface area contributed by atoms with E-state index in [1.54, 1.807) is 0 Å². The maximum absolute atomic E-state index is 11.4. The minimum atomic E-state index is -0.285. The van der Waals surface area contributed by atoms with Crippen LogP contribution in [0.2, 0.25) is 0 Å². The molecule has 0 amide bonds. The molecular weight excluding hydrogens is 212 g/mol. The summed E-state index contributed by atoms with van der Waals surface area (Å²) in [4.78, 5) is 16.4. The van der Waals surface area contributed by atoms with Crippen molar-refractivity contribution in [3.63, 3.8) is 0 Å². The number of methoxy groups -OCH3 is 1. The van der Waals surface area contributed by atoms with E-state index in [0.717, 1.165) is 23.7 Å². The molecule has 0 atom stereocenters. The number of aryl methyl sites for hydroxylation is 1. The van der Waals surface area contributed by atoms with Crippen molar-refractivity contribution in [1.82, 2.24) is 10.3 Å². The Hall–Kier alpha value is -0.940. The molecule has 1 heterocycles. The van der Waals surface area contributed by atoms with Gasteiger partial charge in [-0.25, -0.2) is 9.78 Å². The van der Waals surface area contributed by atoms with Gasteiger partial charge in [0.1, 0.15) is 9.88 Å². The van der Waals surface area contributed by atoms with Crippen molar-refractivity contribution in [2.75, 3.05) is 13.7 Å². The summed E-state index contributed by atoms with van der Waals surface area (Å²) in [6, 6.07) is 0. The number of hydrogen-bond donors (Lipinski definition) is 1. The lowest BCUT2D eigenvalue weighted by Gasteiger charge is -1.95. The van der Waals surface area contributed by atoms with Crippen LogP contribution < -0.4 is 5.32 Å². The second kappa shape index (κ2) is 5.82. The number of carbonyl (C=O) groups excluding carboxylic acids is 1. The highest BCUT2D eigenvalue weighted by atomic mass is 32.1. The fraction of sp³-hybridized carbons (Fsp3) is 0.600. The SMILES string of the molecule is CCNCc1nc(CC)c(C(=O)OC)s1. The Morgan fingerprint density at radius 2 is 2.27 bits per heavy atom. The third-order valence-corrected chi connectivity index (χ3v) is 3.05. The number of aromatic nitrogens is 1. The van der Waals surface area contributed by atoms with Gasteiger partial charge in [0.15, 0.2) is 0 Å². The number of nitrogens with zero attached hydrogens (tertiary/aromatic N) is 1. The smallest absolute Gasteiger partial charge is 0.349 e. The Bertz CT molecular complexity index is 336. The minimum Gasteiger partial charge on any atom is -0.465 e. The summed E-state index contributed by atoms with van der Waals surface area (Å²) in [6.07, 6.45) is 0.757. The van der Waals surface area contributed by atoms with Crippen LogP contribution in [-0.2, 0) is 17.7 Å². The van der Waals surface area contributed by atoms with Gasteiger partial charge in [0.25, 0.3) is 0 Å². The molecule has 1 aromatic rings. The number of ether oxygens (including phenoxy) is 1. The molecule has 0 aliphatic carbocycles. The normalized spacial score (nSPS) is 10.3. The molecular formula is C10H16N2O2S. The highest BCUT2D eigenvalue weighted by molar-refractivity contribution is 7.13. The summed E-state index contributed by atoms with van der Waals surface area (Å²) in [5.74, 6) is -0.285. The zero-order chi connectivity index (χ0) is 11.3. The summed E-state index contributed by atoms with van der Waals surface area (Å²) in [6.45, 7) is 5.63. The van der Waals surface area contributed by atoms with E-state index in [1.165, 1.54) is 18.4 Å². The van der Waals surface area contributed by atoms with Gasteiger partial charge in [0.05, 0.1) is 12.8 Å². The topological polar surface area (TPSA) is 51.2 Å². The van der Waals surface area contributed by atoms with Crippen molar-refractivity contribution in [3.05, 3.63) is 15.6 Å². The molecule has 0 aromatic carbocycles. The Labute approximate surface area is 93.7 Å². The maximum Gasteiger partial charge on any atom is 0.349 e. The molecule has 0 aliphatic heterocycles. The molecule has 0 fully saturated rings. The number of hydrogen-bond acceptors (Lipinski definition) is 5. The summed E-state index contributed by atoms with van der Waals surface area (Å²) in [5, 5.41) is 4.12. The maximum atomic E-state index is 11.4. The first-order valence-electron chi connectivity index (χ1n) is 5.00. The molecule has 0 bridgehead atoms. The molecule has 1 aromatic heterocycles. The molecule has 4 nitrogen and oxygen atoms in total. The van der Waals surface area contributed by atoms with E-state index < -0.39 is 0 Å². The second-order valence-electron chi connectivity index (χ2n) is 3.01. The van der Waals surface area contributed by atoms with Crippen LogP contribution in [0.5, 0.6) is 0 Å². The van der Waals surface area contributed by atoms with Crippen molar-refractivity contribution >= 4 is 17.3 Å². The molecule has 0 saturated carbocycles. The Balaban J connectivity index is 2.85. The zero-order valence-corrected chi connectivity index (χ0v) is 10.1. The molecule has 1 N–H and O–H groups in total. The van der Waals surface area contributed by atoms with Gasteiger partial charge in [0.2, 0.25) is 0 Å². The number of thiazole rings is 1. The summed E-state index contributed by atoms with van der Waals surface area (Å²) in [7, 11) is 1.39. The van der Waals surface area contributed by atoms with Gasteiger partial charge in [-0.1, -0.05) is 13.8 Å². The largest absolute Gasteiger partial charge is 0.465 e. The zero-order valence-electron chi connectivity index (χ0n) is 9.29. The molecule has 84 valence electrons. The summed E-state index contributed by atoms with van der Waals surface area (Å²) >= 11 is 1.41. The Kier molecular flexibility index (Phi) is 4.71. The second-order valence-corrected chi connectivity index (χ2v) is 4.09. The lowest BCUT2D eigenvalue weighted by atomic mass is 10.3. The van der Waals surface area contributed by atoms with Gasteiger partial charge in [-0.3, -0.25) is 0 Å². The van der Waals surface area contributed by atoms with Crippen LogP contribution in [0.1, 0.15) is 34.2 Å². The molecule has 0 radical (unpaired) electrons. The van der Waals surface area contributed by atoms with Crippen LogP contribution in [0.3, 0.4) is 0 Å². The van der Waals surface area contributed by atoms with Gasteiger partial charge in [-0.2, -0.15) is 0 Å². The highest BCUT2D eigenvalue weighted by Crippen LogP contribution is 2.20. The predicted molar refractivity (Wildman–Crippen MR) is 60.2 cm³/mol. The van der Waals surface area contributed by atoms with Gasteiger partial charge in [0, 0.05) is 6.54 Å². The van der Waals surface area contributed by atoms with E-state index in [0.29, 0.717) is 11.4 Å². The molecule has 0 saturated heterocycles. The third kappa shape index (κ3) is 3.00. The Morgan fingerprint density at radius 3 is 2.80 bits per heavy atom. The van der Waals surface area contributed by atoms with E-state index in [2.05, 4.69) is 10.3 Å². The monoisotopic (exact) mass is 228 g/mol.